The van der Waals surface area contributed by atoms with Gasteiger partial charge < -0.3 is 10.6 Å². The highest BCUT2D eigenvalue weighted by Gasteiger charge is 2.12. The average Bonchev–Trinajstić information content (AvgIpc) is 3.01. The van der Waals surface area contributed by atoms with E-state index < -0.39 is 0 Å². The van der Waals surface area contributed by atoms with Crippen molar-refractivity contribution in [3.63, 3.8) is 0 Å². The summed E-state index contributed by atoms with van der Waals surface area (Å²) in [6.45, 7) is 6.91. The number of thiophene rings is 1. The fourth-order valence-corrected chi connectivity index (χ4v) is 2.91. The second kappa shape index (κ2) is 7.99. The highest BCUT2D eigenvalue weighted by molar-refractivity contribution is 7.09. The molecule has 2 aromatic rings. The lowest BCUT2D eigenvalue weighted by Crippen LogP contribution is -2.38. The molecule has 1 amide bonds. The molecule has 1 heterocycles. The Balaban J connectivity index is 1.77. The third kappa shape index (κ3) is 4.88. The molecule has 0 spiro atoms. The third-order valence-corrected chi connectivity index (χ3v) is 4.54. The second-order valence-corrected chi connectivity index (χ2v) is 6.80. The number of carbonyl (C=O) groups is 1. The van der Waals surface area contributed by atoms with Crippen LogP contribution in [-0.4, -0.2) is 18.5 Å². The van der Waals surface area contributed by atoms with E-state index in [2.05, 4.69) is 48.1 Å². The van der Waals surface area contributed by atoms with Gasteiger partial charge in [-0.15, -0.1) is 11.3 Å². The molecule has 1 aromatic carbocycles. The van der Waals surface area contributed by atoms with Gasteiger partial charge in [0.05, 0.1) is 0 Å². The molecule has 0 saturated heterocycles. The largest absolute Gasteiger partial charge is 0.374 e. The molecule has 2 rings (SSSR count). The smallest absolute Gasteiger partial charge is 0.242 e. The van der Waals surface area contributed by atoms with Crippen LogP contribution in [0.2, 0.25) is 0 Å². The lowest BCUT2D eigenvalue weighted by Gasteiger charge is -2.16. The van der Waals surface area contributed by atoms with Crippen LogP contribution in [0.5, 0.6) is 0 Å². The van der Waals surface area contributed by atoms with Gasteiger partial charge in [-0.25, -0.2) is 0 Å². The summed E-state index contributed by atoms with van der Waals surface area (Å²) in [6.07, 6.45) is 0.888. The lowest BCUT2D eigenvalue weighted by molar-refractivity contribution is -0.121. The summed E-state index contributed by atoms with van der Waals surface area (Å²) in [5.41, 5.74) is 2.28. The zero-order valence-corrected chi connectivity index (χ0v) is 14.2. The van der Waals surface area contributed by atoms with E-state index in [9.17, 15) is 4.79 Å². The number of rotatable bonds is 7. The molecule has 2 N–H and O–H groups in total. The molecule has 3 nitrogen and oxygen atoms in total. The van der Waals surface area contributed by atoms with E-state index in [1.165, 1.54) is 10.4 Å². The Morgan fingerprint density at radius 3 is 2.45 bits per heavy atom. The Labute approximate surface area is 136 Å². The number of benzene rings is 1. The lowest BCUT2D eigenvalue weighted by atomic mass is 10.0. The molecule has 0 bridgehead atoms. The molecule has 118 valence electrons. The number of nitrogens with one attached hydrogen (secondary N) is 2. The molecular weight excluding hydrogens is 292 g/mol. The number of hydrogen-bond acceptors (Lipinski definition) is 3. The van der Waals surface area contributed by atoms with Crippen molar-refractivity contribution in [2.24, 2.45) is 0 Å². The Kier molecular flexibility index (Phi) is 6.01. The molecule has 4 heteroatoms. The standard InChI is InChI=1S/C18H24N2OS/c1-13(2)15-6-8-16(9-7-15)20-14(3)18(21)19-11-10-17-5-4-12-22-17/h4-9,12-14,20H,10-11H2,1-3H3,(H,19,21). The Morgan fingerprint density at radius 2 is 1.86 bits per heavy atom. The summed E-state index contributed by atoms with van der Waals surface area (Å²) < 4.78 is 0. The first kappa shape index (κ1) is 16.6. The van der Waals surface area contributed by atoms with Gasteiger partial charge in [0.25, 0.3) is 0 Å². The maximum atomic E-state index is 12.1. The van der Waals surface area contributed by atoms with E-state index in [0.717, 1.165) is 12.1 Å². The van der Waals surface area contributed by atoms with Crippen LogP contribution in [0.25, 0.3) is 0 Å². The molecule has 1 atom stereocenters. The van der Waals surface area contributed by atoms with E-state index in [4.69, 9.17) is 0 Å². The van der Waals surface area contributed by atoms with Crippen molar-refractivity contribution in [2.45, 2.75) is 39.2 Å². The minimum Gasteiger partial charge on any atom is -0.374 e. The summed E-state index contributed by atoms with van der Waals surface area (Å²) >= 11 is 1.72. The minimum atomic E-state index is -0.242. The molecule has 1 aromatic heterocycles. The highest BCUT2D eigenvalue weighted by Crippen LogP contribution is 2.17. The highest BCUT2D eigenvalue weighted by atomic mass is 32.1. The monoisotopic (exact) mass is 316 g/mol. The number of amides is 1. The first-order valence-electron chi connectivity index (χ1n) is 7.73. The maximum Gasteiger partial charge on any atom is 0.242 e. The number of anilines is 1. The first-order chi connectivity index (χ1) is 10.6. The van der Waals surface area contributed by atoms with Crippen LogP contribution in [0.3, 0.4) is 0 Å². The second-order valence-electron chi connectivity index (χ2n) is 5.76. The van der Waals surface area contributed by atoms with Crippen molar-refractivity contribution in [2.75, 3.05) is 11.9 Å². The van der Waals surface area contributed by atoms with E-state index in [1.54, 1.807) is 11.3 Å². The van der Waals surface area contributed by atoms with E-state index in [-0.39, 0.29) is 11.9 Å². The van der Waals surface area contributed by atoms with Crippen molar-refractivity contribution in [1.82, 2.24) is 5.32 Å². The molecule has 1 unspecified atom stereocenters. The van der Waals surface area contributed by atoms with Gasteiger partial charge in [0, 0.05) is 17.1 Å². The SMILES string of the molecule is CC(Nc1ccc(C(C)C)cc1)C(=O)NCCc1cccs1. The van der Waals surface area contributed by atoms with Crippen LogP contribution in [0.4, 0.5) is 5.69 Å². The fraction of sp³-hybridized carbons (Fsp3) is 0.389. The molecule has 0 fully saturated rings. The van der Waals surface area contributed by atoms with Crippen LogP contribution in [-0.2, 0) is 11.2 Å². The van der Waals surface area contributed by atoms with Crippen molar-refractivity contribution in [3.05, 3.63) is 52.2 Å². The van der Waals surface area contributed by atoms with Crippen molar-refractivity contribution >= 4 is 22.9 Å². The van der Waals surface area contributed by atoms with Gasteiger partial charge >= 0.3 is 0 Å². The molecule has 22 heavy (non-hydrogen) atoms. The quantitative estimate of drug-likeness (QED) is 0.809. The van der Waals surface area contributed by atoms with Gasteiger partial charge in [-0.1, -0.05) is 32.0 Å². The predicted molar refractivity (Wildman–Crippen MR) is 94.6 cm³/mol. The number of carbonyl (C=O) groups excluding carboxylic acids is 1. The van der Waals surface area contributed by atoms with Crippen LogP contribution in [0.15, 0.2) is 41.8 Å². The van der Waals surface area contributed by atoms with Crippen LogP contribution < -0.4 is 10.6 Å². The van der Waals surface area contributed by atoms with Crippen molar-refractivity contribution in [3.8, 4) is 0 Å². The predicted octanol–water partition coefficient (Wildman–Crippen LogP) is 4.03. The minimum absolute atomic E-state index is 0.0319. The number of hydrogen-bond donors (Lipinski definition) is 2. The van der Waals surface area contributed by atoms with Crippen molar-refractivity contribution < 1.29 is 4.79 Å². The normalized spacial score (nSPS) is 12.2. The molecule has 0 aliphatic carbocycles. The summed E-state index contributed by atoms with van der Waals surface area (Å²) in [5.74, 6) is 0.552. The van der Waals surface area contributed by atoms with Crippen LogP contribution in [0.1, 0.15) is 37.1 Å². The Hall–Kier alpha value is -1.81. The Morgan fingerprint density at radius 1 is 1.14 bits per heavy atom. The van der Waals surface area contributed by atoms with Crippen molar-refractivity contribution in [1.29, 1.82) is 0 Å². The summed E-state index contributed by atoms with van der Waals surface area (Å²) in [5, 5.41) is 8.28. The molecule has 0 radical (unpaired) electrons. The maximum absolute atomic E-state index is 12.1. The van der Waals surface area contributed by atoms with Crippen LogP contribution in [0, 0.1) is 0 Å². The van der Waals surface area contributed by atoms with Gasteiger partial charge in [0.1, 0.15) is 6.04 Å². The zero-order valence-electron chi connectivity index (χ0n) is 13.4. The van der Waals surface area contributed by atoms with Crippen LogP contribution >= 0.6 is 11.3 Å². The fourth-order valence-electron chi connectivity index (χ4n) is 2.20. The van der Waals surface area contributed by atoms with E-state index in [0.29, 0.717) is 12.5 Å². The third-order valence-electron chi connectivity index (χ3n) is 3.60. The topological polar surface area (TPSA) is 41.1 Å². The van der Waals surface area contributed by atoms with Gasteiger partial charge in [0.15, 0.2) is 0 Å². The molecule has 0 aliphatic rings. The average molecular weight is 316 g/mol. The Bertz CT molecular complexity index is 576. The summed E-state index contributed by atoms with van der Waals surface area (Å²) in [7, 11) is 0. The summed E-state index contributed by atoms with van der Waals surface area (Å²) in [6, 6.07) is 12.2. The van der Waals surface area contributed by atoms with E-state index in [1.807, 2.05) is 25.1 Å². The van der Waals surface area contributed by atoms with Gasteiger partial charge in [0.2, 0.25) is 5.91 Å². The van der Waals surface area contributed by atoms with Gasteiger partial charge in [-0.05, 0) is 48.4 Å². The van der Waals surface area contributed by atoms with E-state index >= 15 is 0 Å². The molecule has 0 saturated carbocycles. The zero-order chi connectivity index (χ0) is 15.9. The summed E-state index contributed by atoms with van der Waals surface area (Å²) in [4.78, 5) is 13.4. The first-order valence-corrected chi connectivity index (χ1v) is 8.61. The van der Waals surface area contributed by atoms with Gasteiger partial charge in [-0.2, -0.15) is 0 Å². The molecular formula is C18H24N2OS. The van der Waals surface area contributed by atoms with Gasteiger partial charge in [-0.3, -0.25) is 4.79 Å². The molecule has 0 aliphatic heterocycles.